The molecule has 3 N–H and O–H groups in total. The number of likely N-dealkylation sites (tertiary alicyclic amines) is 2. The minimum atomic E-state index is -0.820. The van der Waals surface area contributed by atoms with E-state index >= 15 is 0 Å². The molecule has 3 aromatic carbocycles. The van der Waals surface area contributed by atoms with Gasteiger partial charge in [-0.25, -0.2) is 4.79 Å². The fourth-order valence-corrected chi connectivity index (χ4v) is 7.18. The molecular formula is C37H48Cl2N4O3. The smallest absolute Gasteiger partial charge is 0.317 e. The van der Waals surface area contributed by atoms with E-state index < -0.39 is 5.60 Å². The molecule has 0 spiro atoms. The van der Waals surface area contributed by atoms with E-state index in [9.17, 15) is 14.7 Å². The van der Waals surface area contributed by atoms with Gasteiger partial charge in [0.25, 0.3) is 0 Å². The van der Waals surface area contributed by atoms with Crippen molar-refractivity contribution in [3.8, 4) is 0 Å². The molecule has 0 unspecified atom stereocenters. The number of benzene rings is 3. The van der Waals surface area contributed by atoms with Crippen molar-refractivity contribution in [1.82, 2.24) is 20.4 Å². The molecule has 0 atom stereocenters. The average molecular weight is 668 g/mol. The summed E-state index contributed by atoms with van der Waals surface area (Å²) < 4.78 is 0. The Morgan fingerprint density at radius 1 is 0.870 bits per heavy atom. The van der Waals surface area contributed by atoms with Gasteiger partial charge in [-0.1, -0.05) is 84.4 Å². The number of carbonyl (C=O) groups is 2. The van der Waals surface area contributed by atoms with Crippen LogP contribution in [-0.2, 0) is 15.8 Å². The van der Waals surface area contributed by atoms with Crippen LogP contribution in [0.2, 0.25) is 5.02 Å². The number of urea groups is 1. The zero-order chi connectivity index (χ0) is 31.7. The predicted molar refractivity (Wildman–Crippen MR) is 188 cm³/mol. The Hall–Kier alpha value is -3.10. The number of hydrogen-bond acceptors (Lipinski definition) is 4. The maximum Gasteiger partial charge on any atom is 0.317 e. The van der Waals surface area contributed by atoms with Crippen molar-refractivity contribution < 1.29 is 14.7 Å². The van der Waals surface area contributed by atoms with E-state index in [2.05, 4.69) is 64.1 Å². The Morgan fingerprint density at radius 3 is 1.98 bits per heavy atom. The molecule has 0 bridgehead atoms. The molecule has 5 rings (SSSR count). The number of halogens is 2. The summed E-state index contributed by atoms with van der Waals surface area (Å²) in [5, 5.41) is 18.3. The summed E-state index contributed by atoms with van der Waals surface area (Å²) in [5.74, 6) is -0.0352. The quantitative estimate of drug-likeness (QED) is 0.222. The Kier molecular flexibility index (Phi) is 12.9. The van der Waals surface area contributed by atoms with Crippen molar-refractivity contribution in [2.24, 2.45) is 5.92 Å². The van der Waals surface area contributed by atoms with Crippen molar-refractivity contribution in [2.75, 3.05) is 45.8 Å². The van der Waals surface area contributed by atoms with Crippen LogP contribution in [0.15, 0.2) is 84.9 Å². The first-order chi connectivity index (χ1) is 21.8. The maximum atomic E-state index is 13.6. The van der Waals surface area contributed by atoms with E-state index in [1.165, 1.54) is 11.1 Å². The molecule has 2 aliphatic heterocycles. The van der Waals surface area contributed by atoms with Gasteiger partial charge < -0.3 is 25.5 Å². The Balaban J connectivity index is 0.00000480. The first kappa shape index (κ1) is 35.7. The van der Waals surface area contributed by atoms with Gasteiger partial charge in [0.05, 0.1) is 5.60 Å². The first-order valence-corrected chi connectivity index (χ1v) is 16.8. The summed E-state index contributed by atoms with van der Waals surface area (Å²) in [4.78, 5) is 30.1. The molecule has 2 saturated heterocycles. The molecule has 2 heterocycles. The van der Waals surface area contributed by atoms with Crippen LogP contribution in [0.1, 0.15) is 62.1 Å². The van der Waals surface area contributed by atoms with E-state index in [1.54, 1.807) is 0 Å². The van der Waals surface area contributed by atoms with Crippen LogP contribution in [0.25, 0.3) is 0 Å². The van der Waals surface area contributed by atoms with Crippen molar-refractivity contribution in [2.45, 2.75) is 56.5 Å². The molecule has 0 radical (unpaired) electrons. The SMILES string of the molecule is CCNC(=O)N1CCC(C(=O)NCC(CCCN2CCC(O)(c3ccc(Cl)cc3)CC2)(c2ccccc2)c2ccccc2)CC1.Cl. The second kappa shape index (κ2) is 16.6. The highest BCUT2D eigenvalue weighted by atomic mass is 35.5. The largest absolute Gasteiger partial charge is 0.385 e. The predicted octanol–water partition coefficient (Wildman–Crippen LogP) is 6.37. The van der Waals surface area contributed by atoms with Gasteiger partial charge in [0.15, 0.2) is 0 Å². The van der Waals surface area contributed by atoms with E-state index in [-0.39, 0.29) is 35.7 Å². The number of aliphatic hydroxyl groups is 1. The van der Waals surface area contributed by atoms with Crippen molar-refractivity contribution in [1.29, 1.82) is 0 Å². The van der Waals surface area contributed by atoms with Gasteiger partial charge in [0, 0.05) is 55.6 Å². The second-order valence-electron chi connectivity index (χ2n) is 12.6. The lowest BCUT2D eigenvalue weighted by Crippen LogP contribution is -2.49. The summed E-state index contributed by atoms with van der Waals surface area (Å²) in [6.45, 7) is 6.79. The Bertz CT molecular complexity index is 1340. The van der Waals surface area contributed by atoms with Gasteiger partial charge in [0.2, 0.25) is 5.91 Å². The molecule has 3 amide bonds. The lowest BCUT2D eigenvalue weighted by Gasteiger charge is -2.40. The topological polar surface area (TPSA) is 84.9 Å². The number of carbonyl (C=O) groups excluding carboxylic acids is 2. The fourth-order valence-electron chi connectivity index (χ4n) is 7.05. The molecule has 0 aliphatic carbocycles. The standard InChI is InChI=1S/C37H47ClN4O3.ClH/c1-2-39-35(44)42-24-18-29(19-25-42)34(43)40-28-36(30-10-5-3-6-11-30,31-12-7-4-8-13-31)20-9-23-41-26-21-37(45,22-27-41)32-14-16-33(38)17-15-32;/h3-8,10-17,29,45H,2,9,18-28H2,1H3,(H,39,44)(H,40,43);1H. The first-order valence-electron chi connectivity index (χ1n) is 16.5. The Morgan fingerprint density at radius 2 is 1.43 bits per heavy atom. The highest BCUT2D eigenvalue weighted by Crippen LogP contribution is 2.38. The van der Waals surface area contributed by atoms with Gasteiger partial charge in [-0.3, -0.25) is 4.79 Å². The number of nitrogens with one attached hydrogen (secondary N) is 2. The number of hydrogen-bond donors (Lipinski definition) is 3. The number of rotatable bonds is 11. The Labute approximate surface area is 285 Å². The van der Waals surface area contributed by atoms with Crippen LogP contribution in [0.4, 0.5) is 4.79 Å². The van der Waals surface area contributed by atoms with Gasteiger partial charge in [-0.15, -0.1) is 12.4 Å². The summed E-state index contributed by atoms with van der Waals surface area (Å²) >= 11 is 6.08. The van der Waals surface area contributed by atoms with Crippen LogP contribution in [-0.4, -0.2) is 72.7 Å². The number of nitrogens with zero attached hydrogens (tertiary/aromatic N) is 2. The molecular weight excluding hydrogens is 619 g/mol. The highest BCUT2D eigenvalue weighted by molar-refractivity contribution is 6.30. The molecule has 7 nitrogen and oxygen atoms in total. The van der Waals surface area contributed by atoms with Crippen molar-refractivity contribution >= 4 is 35.9 Å². The molecule has 0 saturated carbocycles. The summed E-state index contributed by atoms with van der Waals surface area (Å²) in [5.41, 5.74) is 2.11. The number of amides is 3. The zero-order valence-corrected chi connectivity index (χ0v) is 28.4. The van der Waals surface area contributed by atoms with Gasteiger partial charge in [-0.05, 0) is 80.8 Å². The van der Waals surface area contributed by atoms with Crippen LogP contribution >= 0.6 is 24.0 Å². The zero-order valence-electron chi connectivity index (χ0n) is 26.8. The summed E-state index contributed by atoms with van der Waals surface area (Å²) in [6.07, 6.45) is 4.53. The lowest BCUT2D eigenvalue weighted by molar-refractivity contribution is -0.126. The highest BCUT2D eigenvalue weighted by Gasteiger charge is 2.37. The van der Waals surface area contributed by atoms with E-state index in [0.29, 0.717) is 56.9 Å². The van der Waals surface area contributed by atoms with Gasteiger partial charge in [-0.2, -0.15) is 0 Å². The van der Waals surface area contributed by atoms with Crippen LogP contribution in [0, 0.1) is 5.92 Å². The monoisotopic (exact) mass is 666 g/mol. The second-order valence-corrected chi connectivity index (χ2v) is 13.0. The molecule has 9 heteroatoms. The molecule has 248 valence electrons. The average Bonchev–Trinajstić information content (AvgIpc) is 3.08. The minimum Gasteiger partial charge on any atom is -0.385 e. The van der Waals surface area contributed by atoms with Crippen LogP contribution in [0.3, 0.4) is 0 Å². The maximum absolute atomic E-state index is 13.6. The van der Waals surface area contributed by atoms with Crippen LogP contribution in [0.5, 0.6) is 0 Å². The summed E-state index contributed by atoms with van der Waals surface area (Å²) in [7, 11) is 0. The van der Waals surface area contributed by atoms with Crippen molar-refractivity contribution in [3.63, 3.8) is 0 Å². The molecule has 46 heavy (non-hydrogen) atoms. The molecule has 2 aliphatic rings. The lowest BCUT2D eigenvalue weighted by atomic mass is 9.71. The molecule has 2 fully saturated rings. The van der Waals surface area contributed by atoms with Gasteiger partial charge in [0.1, 0.15) is 0 Å². The normalized spacial score (nSPS) is 17.2. The fraction of sp³-hybridized carbons (Fsp3) is 0.459. The van der Waals surface area contributed by atoms with E-state index in [4.69, 9.17) is 11.6 Å². The third kappa shape index (κ3) is 8.62. The third-order valence-corrected chi connectivity index (χ3v) is 10.1. The summed E-state index contributed by atoms with van der Waals surface area (Å²) in [6, 6.07) is 28.6. The van der Waals surface area contributed by atoms with E-state index in [0.717, 1.165) is 38.0 Å². The third-order valence-electron chi connectivity index (χ3n) is 9.84. The van der Waals surface area contributed by atoms with Gasteiger partial charge >= 0.3 is 6.03 Å². The molecule has 0 aromatic heterocycles. The van der Waals surface area contributed by atoms with Crippen molar-refractivity contribution in [3.05, 3.63) is 107 Å². The number of piperidine rings is 2. The minimum absolute atomic E-state index is 0. The van der Waals surface area contributed by atoms with Crippen LogP contribution < -0.4 is 10.6 Å². The molecule has 3 aromatic rings. The van der Waals surface area contributed by atoms with E-state index in [1.807, 2.05) is 48.2 Å².